The molecular formula is C19H25N3O. The molecule has 0 aliphatic rings. The zero-order valence-electron chi connectivity index (χ0n) is 13.8. The molecule has 0 heterocycles. The van der Waals surface area contributed by atoms with Crippen LogP contribution in [0.25, 0.3) is 0 Å². The van der Waals surface area contributed by atoms with Crippen LogP contribution in [-0.4, -0.2) is 30.4 Å². The molecule has 0 radical (unpaired) electrons. The number of carbonyl (C=O) groups is 1. The van der Waals surface area contributed by atoms with Gasteiger partial charge in [-0.25, -0.2) is 0 Å². The first-order valence-corrected chi connectivity index (χ1v) is 7.90. The predicted molar refractivity (Wildman–Crippen MR) is 94.9 cm³/mol. The van der Waals surface area contributed by atoms with Crippen LogP contribution in [0.2, 0.25) is 0 Å². The van der Waals surface area contributed by atoms with Crippen LogP contribution in [-0.2, 0) is 17.8 Å². The highest BCUT2D eigenvalue weighted by Gasteiger charge is 2.11. The third-order valence-electron chi connectivity index (χ3n) is 3.97. The Morgan fingerprint density at radius 2 is 1.74 bits per heavy atom. The molecule has 0 fully saturated rings. The summed E-state index contributed by atoms with van der Waals surface area (Å²) in [6, 6.07) is 18.0. The number of amides is 1. The Morgan fingerprint density at radius 1 is 1.09 bits per heavy atom. The Labute approximate surface area is 138 Å². The molecule has 1 amide bonds. The monoisotopic (exact) mass is 311 g/mol. The van der Waals surface area contributed by atoms with Gasteiger partial charge in [-0.05, 0) is 37.2 Å². The summed E-state index contributed by atoms with van der Waals surface area (Å²) in [6.07, 6.45) is 0.384. The smallest absolute Gasteiger partial charge is 0.224 e. The second-order valence-corrected chi connectivity index (χ2v) is 5.97. The fourth-order valence-electron chi connectivity index (χ4n) is 2.33. The number of likely N-dealkylation sites (N-methyl/N-ethyl adjacent to an activating group) is 1. The number of hydrogen-bond donors (Lipinski definition) is 2. The minimum Gasteiger partial charge on any atom is -0.399 e. The van der Waals surface area contributed by atoms with Gasteiger partial charge in [0.25, 0.3) is 0 Å². The zero-order valence-corrected chi connectivity index (χ0v) is 13.8. The molecule has 4 nitrogen and oxygen atoms in total. The van der Waals surface area contributed by atoms with Gasteiger partial charge in [-0.15, -0.1) is 0 Å². The fourth-order valence-corrected chi connectivity index (χ4v) is 2.33. The van der Waals surface area contributed by atoms with Crippen molar-refractivity contribution in [1.29, 1.82) is 0 Å². The minimum atomic E-state index is 0.0368. The maximum absolute atomic E-state index is 12.0. The van der Waals surface area contributed by atoms with E-state index in [1.165, 1.54) is 5.56 Å². The van der Waals surface area contributed by atoms with Gasteiger partial charge in [0.05, 0.1) is 6.42 Å². The van der Waals surface area contributed by atoms with E-state index in [1.807, 2.05) is 42.5 Å². The average Bonchev–Trinajstić information content (AvgIpc) is 2.55. The van der Waals surface area contributed by atoms with Crippen molar-refractivity contribution in [3.05, 3.63) is 65.7 Å². The quantitative estimate of drug-likeness (QED) is 0.772. The standard InChI is InChI=1S/C19H25N3O/c1-15(22(2)14-17-6-4-3-5-7-17)13-21-19(23)12-16-8-10-18(20)11-9-16/h3-11,15H,12-14,20H2,1-2H3,(H,21,23). The van der Waals surface area contributed by atoms with E-state index < -0.39 is 0 Å². The maximum Gasteiger partial charge on any atom is 0.224 e. The number of anilines is 1. The molecule has 122 valence electrons. The lowest BCUT2D eigenvalue weighted by Gasteiger charge is -2.25. The van der Waals surface area contributed by atoms with Crippen LogP contribution in [0.1, 0.15) is 18.1 Å². The van der Waals surface area contributed by atoms with Crippen molar-refractivity contribution in [3.8, 4) is 0 Å². The molecule has 2 rings (SSSR count). The number of benzene rings is 2. The number of nitrogen functional groups attached to an aromatic ring is 1. The molecule has 0 saturated heterocycles. The largest absolute Gasteiger partial charge is 0.399 e. The van der Waals surface area contributed by atoms with Crippen molar-refractivity contribution in [1.82, 2.24) is 10.2 Å². The van der Waals surface area contributed by atoms with Crippen LogP contribution in [0.3, 0.4) is 0 Å². The lowest BCUT2D eigenvalue weighted by atomic mass is 10.1. The Morgan fingerprint density at radius 3 is 2.39 bits per heavy atom. The SMILES string of the molecule is CC(CNC(=O)Cc1ccc(N)cc1)N(C)Cc1ccccc1. The van der Waals surface area contributed by atoms with E-state index in [2.05, 4.69) is 36.3 Å². The summed E-state index contributed by atoms with van der Waals surface area (Å²) in [5, 5.41) is 3.00. The lowest BCUT2D eigenvalue weighted by molar-refractivity contribution is -0.120. The van der Waals surface area contributed by atoms with Crippen LogP contribution in [0.5, 0.6) is 0 Å². The highest BCUT2D eigenvalue weighted by atomic mass is 16.1. The summed E-state index contributed by atoms with van der Waals surface area (Å²) in [5.74, 6) is 0.0368. The van der Waals surface area contributed by atoms with Gasteiger partial charge in [-0.1, -0.05) is 42.5 Å². The number of rotatable bonds is 7. The van der Waals surface area contributed by atoms with Crippen molar-refractivity contribution < 1.29 is 4.79 Å². The lowest BCUT2D eigenvalue weighted by Crippen LogP contribution is -2.40. The molecule has 1 unspecified atom stereocenters. The molecule has 3 N–H and O–H groups in total. The highest BCUT2D eigenvalue weighted by Crippen LogP contribution is 2.07. The number of carbonyl (C=O) groups excluding carboxylic acids is 1. The predicted octanol–water partition coefficient (Wildman–Crippen LogP) is 2.45. The molecule has 0 aromatic heterocycles. The van der Waals surface area contributed by atoms with Crippen LogP contribution in [0.15, 0.2) is 54.6 Å². The number of nitrogens with zero attached hydrogens (tertiary/aromatic N) is 1. The zero-order chi connectivity index (χ0) is 16.7. The van der Waals surface area contributed by atoms with E-state index in [9.17, 15) is 4.79 Å². The molecule has 0 aliphatic carbocycles. The Hall–Kier alpha value is -2.33. The normalized spacial score (nSPS) is 12.1. The van der Waals surface area contributed by atoms with Crippen LogP contribution < -0.4 is 11.1 Å². The van der Waals surface area contributed by atoms with Gasteiger partial charge in [0.2, 0.25) is 5.91 Å². The summed E-state index contributed by atoms with van der Waals surface area (Å²) >= 11 is 0. The number of hydrogen-bond acceptors (Lipinski definition) is 3. The van der Waals surface area contributed by atoms with Crippen LogP contribution in [0, 0.1) is 0 Å². The average molecular weight is 311 g/mol. The second kappa shape index (κ2) is 8.34. The van der Waals surface area contributed by atoms with Crippen molar-refractivity contribution in [2.45, 2.75) is 25.9 Å². The Bertz CT molecular complexity index is 610. The summed E-state index contributed by atoms with van der Waals surface area (Å²) in [5.41, 5.74) is 8.61. The van der Waals surface area contributed by atoms with Crippen molar-refractivity contribution in [3.63, 3.8) is 0 Å². The molecule has 4 heteroatoms. The molecule has 0 bridgehead atoms. The Balaban J connectivity index is 1.75. The third-order valence-corrected chi connectivity index (χ3v) is 3.97. The van der Waals surface area contributed by atoms with Gasteiger partial charge in [0.15, 0.2) is 0 Å². The van der Waals surface area contributed by atoms with E-state index in [4.69, 9.17) is 5.73 Å². The first-order valence-electron chi connectivity index (χ1n) is 7.90. The minimum absolute atomic E-state index is 0.0368. The van der Waals surface area contributed by atoms with E-state index >= 15 is 0 Å². The van der Waals surface area contributed by atoms with E-state index in [-0.39, 0.29) is 11.9 Å². The molecule has 23 heavy (non-hydrogen) atoms. The van der Waals surface area contributed by atoms with E-state index in [0.29, 0.717) is 18.7 Å². The summed E-state index contributed by atoms with van der Waals surface area (Å²) < 4.78 is 0. The first-order chi connectivity index (χ1) is 11.0. The summed E-state index contributed by atoms with van der Waals surface area (Å²) in [7, 11) is 2.07. The van der Waals surface area contributed by atoms with Gasteiger partial charge in [0, 0.05) is 24.8 Å². The summed E-state index contributed by atoms with van der Waals surface area (Å²) in [6.45, 7) is 3.62. The molecular weight excluding hydrogens is 286 g/mol. The van der Waals surface area contributed by atoms with Gasteiger partial charge in [-0.3, -0.25) is 9.69 Å². The molecule has 1 atom stereocenters. The molecule has 0 aliphatic heterocycles. The van der Waals surface area contributed by atoms with Gasteiger partial charge >= 0.3 is 0 Å². The number of nitrogens with one attached hydrogen (secondary N) is 1. The topological polar surface area (TPSA) is 58.4 Å². The molecule has 2 aromatic carbocycles. The van der Waals surface area contributed by atoms with Crippen molar-refractivity contribution in [2.24, 2.45) is 0 Å². The highest BCUT2D eigenvalue weighted by molar-refractivity contribution is 5.78. The van der Waals surface area contributed by atoms with Crippen molar-refractivity contribution in [2.75, 3.05) is 19.3 Å². The van der Waals surface area contributed by atoms with Crippen LogP contribution >= 0.6 is 0 Å². The first kappa shape index (κ1) is 17.0. The second-order valence-electron chi connectivity index (χ2n) is 5.97. The number of nitrogens with two attached hydrogens (primary N) is 1. The molecule has 0 spiro atoms. The third kappa shape index (κ3) is 5.75. The molecule has 2 aromatic rings. The van der Waals surface area contributed by atoms with E-state index in [1.54, 1.807) is 0 Å². The van der Waals surface area contributed by atoms with Gasteiger partial charge in [-0.2, -0.15) is 0 Å². The van der Waals surface area contributed by atoms with Gasteiger partial charge in [0.1, 0.15) is 0 Å². The van der Waals surface area contributed by atoms with Crippen LogP contribution in [0.4, 0.5) is 5.69 Å². The van der Waals surface area contributed by atoms with E-state index in [0.717, 1.165) is 12.1 Å². The summed E-state index contributed by atoms with van der Waals surface area (Å²) in [4.78, 5) is 14.3. The van der Waals surface area contributed by atoms with Crippen molar-refractivity contribution >= 4 is 11.6 Å². The molecule has 0 saturated carbocycles. The Kier molecular flexibility index (Phi) is 6.18. The van der Waals surface area contributed by atoms with Gasteiger partial charge < -0.3 is 11.1 Å². The maximum atomic E-state index is 12.0. The fraction of sp³-hybridized carbons (Fsp3) is 0.316.